The first-order chi connectivity index (χ1) is 12.2. The molecule has 3 rings (SSSR count). The summed E-state index contributed by atoms with van der Waals surface area (Å²) in [5.41, 5.74) is 0.958. The van der Waals surface area contributed by atoms with Gasteiger partial charge in [-0.3, -0.25) is 4.79 Å². The van der Waals surface area contributed by atoms with Crippen molar-refractivity contribution >= 4 is 17.7 Å². The number of furan rings is 1. The molecule has 0 saturated carbocycles. The topological polar surface area (TPSA) is 108 Å². The van der Waals surface area contributed by atoms with Crippen molar-refractivity contribution in [3.8, 4) is 17.3 Å². The highest BCUT2D eigenvalue weighted by Crippen LogP contribution is 2.21. The van der Waals surface area contributed by atoms with Crippen LogP contribution in [0.25, 0.3) is 11.6 Å². The van der Waals surface area contributed by atoms with Gasteiger partial charge in [-0.1, -0.05) is 23.9 Å². The predicted octanol–water partition coefficient (Wildman–Crippen LogP) is 1.67. The summed E-state index contributed by atoms with van der Waals surface area (Å²) in [6, 6.07) is 11.0. The zero-order valence-electron chi connectivity index (χ0n) is 13.5. The van der Waals surface area contributed by atoms with Gasteiger partial charge in [-0.2, -0.15) is 0 Å². The van der Waals surface area contributed by atoms with Crippen molar-refractivity contribution in [3.05, 3.63) is 48.2 Å². The van der Waals surface area contributed by atoms with E-state index >= 15 is 0 Å². The van der Waals surface area contributed by atoms with E-state index in [0.717, 1.165) is 11.3 Å². The first kappa shape index (κ1) is 16.9. The molecule has 9 heteroatoms. The van der Waals surface area contributed by atoms with Gasteiger partial charge in [0.1, 0.15) is 5.75 Å². The summed E-state index contributed by atoms with van der Waals surface area (Å²) in [6.45, 7) is 0.420. The van der Waals surface area contributed by atoms with E-state index in [9.17, 15) is 4.79 Å². The van der Waals surface area contributed by atoms with Gasteiger partial charge in [0.15, 0.2) is 5.76 Å². The Morgan fingerprint density at radius 2 is 2.24 bits per heavy atom. The standard InChI is InChI=1S/C16H17N5O3S/c1-23-12-5-2-4-11(8-12)9-18-14(22)10-25-16-20-19-15(21(16)17)13-6-3-7-24-13/h2-8H,9-10,17H2,1H3,(H,18,22). The molecule has 25 heavy (non-hydrogen) atoms. The number of nitrogens with zero attached hydrogens (tertiary/aromatic N) is 3. The molecule has 0 aliphatic rings. The number of nitrogens with two attached hydrogens (primary N) is 1. The summed E-state index contributed by atoms with van der Waals surface area (Å²) in [6.07, 6.45) is 1.53. The van der Waals surface area contributed by atoms with Gasteiger partial charge in [0.05, 0.1) is 19.1 Å². The van der Waals surface area contributed by atoms with Crippen LogP contribution in [0.15, 0.2) is 52.2 Å². The molecule has 2 heterocycles. The summed E-state index contributed by atoms with van der Waals surface area (Å²) in [5, 5.41) is 11.2. The number of carbonyl (C=O) groups is 1. The second-order valence-electron chi connectivity index (χ2n) is 5.07. The van der Waals surface area contributed by atoms with Crippen molar-refractivity contribution in [2.45, 2.75) is 11.7 Å². The zero-order valence-corrected chi connectivity index (χ0v) is 14.3. The van der Waals surface area contributed by atoms with E-state index in [2.05, 4.69) is 15.5 Å². The molecule has 0 fully saturated rings. The van der Waals surface area contributed by atoms with Crippen molar-refractivity contribution in [3.63, 3.8) is 0 Å². The Bertz CT molecular complexity index is 847. The Kier molecular flexibility index (Phi) is 5.24. The third kappa shape index (κ3) is 4.13. The Morgan fingerprint density at radius 3 is 3.00 bits per heavy atom. The molecule has 0 radical (unpaired) electrons. The molecule has 0 unspecified atom stereocenters. The first-order valence-corrected chi connectivity index (χ1v) is 8.42. The molecule has 2 aromatic heterocycles. The van der Waals surface area contributed by atoms with Crippen LogP contribution in [0, 0.1) is 0 Å². The maximum absolute atomic E-state index is 12.0. The van der Waals surface area contributed by atoms with Crippen LogP contribution in [-0.4, -0.2) is 33.6 Å². The van der Waals surface area contributed by atoms with E-state index in [1.54, 1.807) is 19.2 Å². The van der Waals surface area contributed by atoms with Crippen LogP contribution in [0.3, 0.4) is 0 Å². The molecule has 0 saturated heterocycles. The maximum atomic E-state index is 12.0. The minimum absolute atomic E-state index is 0.129. The summed E-state index contributed by atoms with van der Waals surface area (Å²) < 4.78 is 11.7. The van der Waals surface area contributed by atoms with Crippen molar-refractivity contribution < 1.29 is 13.9 Å². The highest BCUT2D eigenvalue weighted by Gasteiger charge is 2.15. The number of nitrogens with one attached hydrogen (secondary N) is 1. The van der Waals surface area contributed by atoms with Gasteiger partial charge in [0.25, 0.3) is 0 Å². The fraction of sp³-hybridized carbons (Fsp3) is 0.188. The number of rotatable bonds is 7. The third-order valence-corrected chi connectivity index (χ3v) is 4.31. The lowest BCUT2D eigenvalue weighted by Gasteiger charge is -2.07. The predicted molar refractivity (Wildman–Crippen MR) is 93.4 cm³/mol. The van der Waals surface area contributed by atoms with E-state index in [1.165, 1.54) is 22.7 Å². The number of ether oxygens (including phenoxy) is 1. The number of thioether (sulfide) groups is 1. The van der Waals surface area contributed by atoms with Crippen LogP contribution >= 0.6 is 11.8 Å². The summed E-state index contributed by atoms with van der Waals surface area (Å²) >= 11 is 1.20. The van der Waals surface area contributed by atoms with Crippen LogP contribution in [0.1, 0.15) is 5.56 Å². The van der Waals surface area contributed by atoms with E-state index in [-0.39, 0.29) is 11.7 Å². The van der Waals surface area contributed by atoms with Crippen molar-refractivity contribution in [1.29, 1.82) is 0 Å². The van der Waals surface area contributed by atoms with Crippen molar-refractivity contribution in [2.24, 2.45) is 0 Å². The van der Waals surface area contributed by atoms with Crippen molar-refractivity contribution in [1.82, 2.24) is 20.2 Å². The van der Waals surface area contributed by atoms with Gasteiger partial charge < -0.3 is 20.3 Å². The average Bonchev–Trinajstić information content (AvgIpc) is 3.28. The number of methoxy groups -OCH3 is 1. The van der Waals surface area contributed by atoms with E-state index in [4.69, 9.17) is 15.0 Å². The van der Waals surface area contributed by atoms with Crippen LogP contribution in [0.5, 0.6) is 5.75 Å². The second-order valence-corrected chi connectivity index (χ2v) is 6.01. The van der Waals surface area contributed by atoms with Crippen LogP contribution < -0.4 is 15.9 Å². The quantitative estimate of drug-likeness (QED) is 0.488. The Morgan fingerprint density at radius 1 is 1.36 bits per heavy atom. The SMILES string of the molecule is COc1cccc(CNC(=O)CSc2nnc(-c3ccco3)n2N)c1. The number of amides is 1. The van der Waals surface area contributed by atoms with Crippen LogP contribution in [0.2, 0.25) is 0 Å². The third-order valence-electron chi connectivity index (χ3n) is 3.36. The number of benzene rings is 1. The maximum Gasteiger partial charge on any atom is 0.230 e. The highest BCUT2D eigenvalue weighted by atomic mass is 32.2. The van der Waals surface area contributed by atoms with E-state index in [1.807, 2.05) is 24.3 Å². The average molecular weight is 359 g/mol. The minimum Gasteiger partial charge on any atom is -0.497 e. The molecule has 1 amide bonds. The first-order valence-electron chi connectivity index (χ1n) is 7.44. The number of hydrogen-bond donors (Lipinski definition) is 2. The van der Waals surface area contributed by atoms with Gasteiger partial charge in [-0.25, -0.2) is 4.68 Å². The van der Waals surface area contributed by atoms with Gasteiger partial charge >= 0.3 is 0 Å². The molecule has 3 N–H and O–H groups in total. The fourth-order valence-electron chi connectivity index (χ4n) is 2.11. The summed E-state index contributed by atoms with van der Waals surface area (Å²) in [7, 11) is 1.61. The molecule has 0 spiro atoms. The molecule has 0 bridgehead atoms. The van der Waals surface area contributed by atoms with Crippen LogP contribution in [0.4, 0.5) is 0 Å². The molecule has 130 valence electrons. The lowest BCUT2D eigenvalue weighted by molar-refractivity contribution is -0.118. The van der Waals surface area contributed by atoms with Crippen molar-refractivity contribution in [2.75, 3.05) is 18.7 Å². The Labute approximate surface area is 148 Å². The summed E-state index contributed by atoms with van der Waals surface area (Å²) in [5.74, 6) is 7.67. The molecular weight excluding hydrogens is 342 g/mol. The minimum atomic E-state index is -0.129. The number of nitrogen functional groups attached to an aromatic ring is 1. The molecule has 0 atom stereocenters. The van der Waals surface area contributed by atoms with Gasteiger partial charge in [-0.05, 0) is 29.8 Å². The molecule has 8 nitrogen and oxygen atoms in total. The highest BCUT2D eigenvalue weighted by molar-refractivity contribution is 7.99. The van der Waals surface area contributed by atoms with Gasteiger partial charge in [0, 0.05) is 6.54 Å². The lowest BCUT2D eigenvalue weighted by atomic mass is 10.2. The number of hydrogen-bond acceptors (Lipinski definition) is 7. The number of carbonyl (C=O) groups excluding carboxylic acids is 1. The van der Waals surface area contributed by atoms with E-state index < -0.39 is 0 Å². The van der Waals surface area contributed by atoms with E-state index in [0.29, 0.717) is 23.3 Å². The molecule has 0 aliphatic carbocycles. The Balaban J connectivity index is 1.52. The normalized spacial score (nSPS) is 10.6. The molecular formula is C16H17N5O3S. The smallest absolute Gasteiger partial charge is 0.230 e. The largest absolute Gasteiger partial charge is 0.497 e. The van der Waals surface area contributed by atoms with Crippen LogP contribution in [-0.2, 0) is 11.3 Å². The number of aromatic nitrogens is 3. The lowest BCUT2D eigenvalue weighted by Crippen LogP contribution is -2.25. The molecule has 1 aromatic carbocycles. The van der Waals surface area contributed by atoms with Gasteiger partial charge in [-0.15, -0.1) is 10.2 Å². The molecule has 3 aromatic rings. The fourth-order valence-corrected chi connectivity index (χ4v) is 2.80. The monoisotopic (exact) mass is 359 g/mol. The Hall–Kier alpha value is -2.94. The molecule has 0 aliphatic heterocycles. The summed E-state index contributed by atoms with van der Waals surface area (Å²) in [4.78, 5) is 12.0. The van der Waals surface area contributed by atoms with Gasteiger partial charge in [0.2, 0.25) is 16.9 Å². The second kappa shape index (κ2) is 7.75. The zero-order chi connectivity index (χ0) is 17.6.